The highest BCUT2D eigenvalue weighted by Gasteiger charge is 2.13. The molecule has 0 unspecified atom stereocenters. The van der Waals surface area contributed by atoms with E-state index in [0.29, 0.717) is 30.3 Å². The Morgan fingerprint density at radius 3 is 2.80 bits per heavy atom. The Kier molecular flexibility index (Phi) is 4.22. The van der Waals surface area contributed by atoms with Crippen molar-refractivity contribution in [1.29, 1.82) is 0 Å². The van der Waals surface area contributed by atoms with Gasteiger partial charge in [0.1, 0.15) is 16.3 Å². The summed E-state index contributed by atoms with van der Waals surface area (Å²) in [6, 6.07) is 11.4. The van der Waals surface area contributed by atoms with Crippen LogP contribution < -0.4 is 5.32 Å². The summed E-state index contributed by atoms with van der Waals surface area (Å²) in [6.45, 7) is 0.629. The molecule has 0 fully saturated rings. The van der Waals surface area contributed by atoms with Crippen LogP contribution in [0.5, 0.6) is 0 Å². The van der Waals surface area contributed by atoms with Gasteiger partial charge in [0.25, 0.3) is 0 Å². The Morgan fingerprint density at radius 1 is 1.12 bits per heavy atom. The van der Waals surface area contributed by atoms with Crippen LogP contribution in [0.1, 0.15) is 6.42 Å². The molecule has 0 spiro atoms. The summed E-state index contributed by atoms with van der Waals surface area (Å²) >= 11 is 1.51. The molecule has 0 radical (unpaired) electrons. The fourth-order valence-corrected chi connectivity index (χ4v) is 3.27. The van der Waals surface area contributed by atoms with E-state index in [-0.39, 0.29) is 5.91 Å². The van der Waals surface area contributed by atoms with Crippen molar-refractivity contribution in [1.82, 2.24) is 19.5 Å². The van der Waals surface area contributed by atoms with E-state index in [9.17, 15) is 4.79 Å². The number of amides is 1. The van der Waals surface area contributed by atoms with Crippen molar-refractivity contribution < 1.29 is 4.79 Å². The van der Waals surface area contributed by atoms with Crippen molar-refractivity contribution in [3.05, 3.63) is 60.4 Å². The normalized spacial score (nSPS) is 10.9. The molecule has 1 amide bonds. The van der Waals surface area contributed by atoms with Gasteiger partial charge in [-0.1, -0.05) is 6.07 Å². The van der Waals surface area contributed by atoms with Crippen molar-refractivity contribution in [3.63, 3.8) is 0 Å². The lowest BCUT2D eigenvalue weighted by Gasteiger charge is -2.08. The second kappa shape index (κ2) is 6.82. The zero-order chi connectivity index (χ0) is 17.1. The van der Waals surface area contributed by atoms with Gasteiger partial charge in [-0.25, -0.2) is 9.97 Å². The van der Waals surface area contributed by atoms with Gasteiger partial charge in [0, 0.05) is 31.6 Å². The number of fused-ring (bicyclic) bond motifs is 1. The zero-order valence-corrected chi connectivity index (χ0v) is 14.1. The average molecular weight is 349 g/mol. The highest BCUT2D eigenvalue weighted by Crippen LogP contribution is 2.27. The Balaban J connectivity index is 1.59. The van der Waals surface area contributed by atoms with Crippen molar-refractivity contribution in [2.45, 2.75) is 13.0 Å². The van der Waals surface area contributed by atoms with E-state index in [1.54, 1.807) is 6.20 Å². The zero-order valence-electron chi connectivity index (χ0n) is 13.3. The van der Waals surface area contributed by atoms with Crippen LogP contribution in [-0.4, -0.2) is 25.4 Å². The monoisotopic (exact) mass is 349 g/mol. The van der Waals surface area contributed by atoms with Crippen LogP contribution >= 0.6 is 11.3 Å². The predicted molar refractivity (Wildman–Crippen MR) is 98.3 cm³/mol. The molecule has 0 bridgehead atoms. The maximum Gasteiger partial charge on any atom is 0.227 e. The SMILES string of the molecule is O=C(CCn1cccc1)Nc1nc(-c2ccccn2)nc2sccc12. The minimum Gasteiger partial charge on any atom is -0.354 e. The van der Waals surface area contributed by atoms with Gasteiger partial charge in [-0.3, -0.25) is 9.78 Å². The smallest absolute Gasteiger partial charge is 0.227 e. The quantitative estimate of drug-likeness (QED) is 0.598. The molecule has 0 saturated carbocycles. The van der Waals surface area contributed by atoms with Crippen LogP contribution in [0.3, 0.4) is 0 Å². The first kappa shape index (κ1) is 15.5. The summed E-state index contributed by atoms with van der Waals surface area (Å²) in [5.41, 5.74) is 0.681. The van der Waals surface area contributed by atoms with Gasteiger partial charge in [0.15, 0.2) is 5.82 Å². The molecule has 4 heterocycles. The minimum absolute atomic E-state index is 0.0770. The van der Waals surface area contributed by atoms with E-state index in [4.69, 9.17) is 0 Å². The predicted octanol–water partition coefficient (Wildman–Crippen LogP) is 3.58. The highest BCUT2D eigenvalue weighted by atomic mass is 32.1. The number of thiophene rings is 1. The Labute approximate surface area is 148 Å². The van der Waals surface area contributed by atoms with Gasteiger partial charge in [0.05, 0.1) is 5.39 Å². The number of rotatable bonds is 5. The van der Waals surface area contributed by atoms with Crippen molar-refractivity contribution in [2.75, 3.05) is 5.32 Å². The summed E-state index contributed by atoms with van der Waals surface area (Å²) in [7, 11) is 0. The van der Waals surface area contributed by atoms with E-state index in [1.165, 1.54) is 11.3 Å². The van der Waals surface area contributed by atoms with Crippen LogP contribution in [0.25, 0.3) is 21.7 Å². The van der Waals surface area contributed by atoms with E-state index >= 15 is 0 Å². The molecule has 4 aromatic heterocycles. The number of nitrogens with one attached hydrogen (secondary N) is 1. The number of nitrogens with zero attached hydrogens (tertiary/aromatic N) is 4. The third kappa shape index (κ3) is 3.41. The second-order valence-corrected chi connectivity index (χ2v) is 6.36. The third-order valence-electron chi connectivity index (χ3n) is 3.74. The fraction of sp³-hybridized carbons (Fsp3) is 0.111. The van der Waals surface area contributed by atoms with Crippen LogP contribution in [-0.2, 0) is 11.3 Å². The molecular formula is C18H15N5OS. The molecule has 0 aliphatic heterocycles. The van der Waals surface area contributed by atoms with Gasteiger partial charge in [0.2, 0.25) is 5.91 Å². The summed E-state index contributed by atoms with van der Waals surface area (Å²) in [5, 5.41) is 5.71. The molecule has 4 aromatic rings. The molecule has 4 rings (SSSR count). The first-order valence-electron chi connectivity index (χ1n) is 7.87. The molecule has 0 aliphatic rings. The second-order valence-electron chi connectivity index (χ2n) is 5.47. The molecule has 0 aliphatic carbocycles. The lowest BCUT2D eigenvalue weighted by Crippen LogP contribution is -2.15. The molecule has 124 valence electrons. The van der Waals surface area contributed by atoms with Gasteiger partial charge >= 0.3 is 0 Å². The maximum absolute atomic E-state index is 12.3. The Hall–Kier alpha value is -3.06. The van der Waals surface area contributed by atoms with Crippen LogP contribution in [0.15, 0.2) is 60.4 Å². The van der Waals surface area contributed by atoms with Gasteiger partial charge in [-0.05, 0) is 35.7 Å². The summed E-state index contributed by atoms with van der Waals surface area (Å²) in [4.78, 5) is 26.5. The van der Waals surface area contributed by atoms with Crippen molar-refractivity contribution in [2.24, 2.45) is 0 Å². The van der Waals surface area contributed by atoms with Crippen molar-refractivity contribution in [3.8, 4) is 11.5 Å². The van der Waals surface area contributed by atoms with Crippen LogP contribution in [0.2, 0.25) is 0 Å². The molecule has 6 nitrogen and oxygen atoms in total. The molecular weight excluding hydrogens is 334 g/mol. The Bertz CT molecular complexity index is 995. The average Bonchev–Trinajstić information content (AvgIpc) is 3.32. The molecule has 0 atom stereocenters. The highest BCUT2D eigenvalue weighted by molar-refractivity contribution is 7.16. The molecule has 25 heavy (non-hydrogen) atoms. The van der Waals surface area contributed by atoms with E-state index < -0.39 is 0 Å². The van der Waals surface area contributed by atoms with Gasteiger partial charge in [-0.15, -0.1) is 11.3 Å². The molecule has 0 saturated heterocycles. The van der Waals surface area contributed by atoms with Crippen LogP contribution in [0.4, 0.5) is 5.82 Å². The summed E-state index contributed by atoms with van der Waals surface area (Å²) < 4.78 is 1.97. The number of anilines is 1. The van der Waals surface area contributed by atoms with E-state index in [0.717, 1.165) is 10.2 Å². The lowest BCUT2D eigenvalue weighted by molar-refractivity contribution is -0.116. The number of aryl methyl sites for hydroxylation is 1. The van der Waals surface area contributed by atoms with E-state index in [1.807, 2.05) is 58.7 Å². The maximum atomic E-state index is 12.3. The fourth-order valence-electron chi connectivity index (χ4n) is 2.50. The summed E-state index contributed by atoms with van der Waals surface area (Å²) in [6.07, 6.45) is 5.96. The van der Waals surface area contributed by atoms with Gasteiger partial charge < -0.3 is 9.88 Å². The minimum atomic E-state index is -0.0770. The molecule has 1 N–H and O–H groups in total. The topological polar surface area (TPSA) is 72.7 Å². The number of aromatic nitrogens is 4. The van der Waals surface area contributed by atoms with Crippen LogP contribution in [0, 0.1) is 0 Å². The molecule has 0 aromatic carbocycles. The number of carbonyl (C=O) groups is 1. The van der Waals surface area contributed by atoms with Gasteiger partial charge in [-0.2, -0.15) is 0 Å². The third-order valence-corrected chi connectivity index (χ3v) is 4.55. The number of hydrogen-bond donors (Lipinski definition) is 1. The largest absolute Gasteiger partial charge is 0.354 e. The number of carbonyl (C=O) groups excluding carboxylic acids is 1. The Morgan fingerprint density at radius 2 is 2.00 bits per heavy atom. The lowest BCUT2D eigenvalue weighted by atomic mass is 10.3. The first-order chi connectivity index (χ1) is 12.3. The summed E-state index contributed by atoms with van der Waals surface area (Å²) in [5.74, 6) is 0.965. The number of pyridine rings is 1. The first-order valence-corrected chi connectivity index (χ1v) is 8.75. The number of hydrogen-bond acceptors (Lipinski definition) is 5. The van der Waals surface area contributed by atoms with E-state index in [2.05, 4.69) is 20.3 Å². The standard InChI is InChI=1S/C18H15N5OS/c24-15(6-11-23-9-3-4-10-23)20-16-13-7-12-25-18(13)22-17(21-16)14-5-1-2-8-19-14/h1-5,7-10,12H,6,11H2,(H,20,21,22,24). The molecule has 7 heteroatoms. The van der Waals surface area contributed by atoms with Crippen molar-refractivity contribution >= 4 is 33.3 Å².